The monoisotopic (exact) mass is 292 g/mol. The zero-order valence-corrected chi connectivity index (χ0v) is 11.8. The highest BCUT2D eigenvalue weighted by atomic mass is 16.7. The molecule has 2 unspecified atom stereocenters. The number of rotatable bonds is 0. The Bertz CT molecular complexity index is 597. The summed E-state index contributed by atoms with van der Waals surface area (Å²) in [6.45, 7) is 3.85. The van der Waals surface area contributed by atoms with Crippen molar-refractivity contribution in [2.24, 2.45) is 11.8 Å². The summed E-state index contributed by atoms with van der Waals surface area (Å²) in [5.41, 5.74) is 0.252. The first kappa shape index (κ1) is 12.2. The van der Waals surface area contributed by atoms with E-state index in [0.29, 0.717) is 12.0 Å². The first-order valence-electron chi connectivity index (χ1n) is 7.44. The predicted octanol–water partition coefficient (Wildman–Crippen LogP) is 0.344. The molecule has 4 aliphatic heterocycles. The lowest BCUT2D eigenvalue weighted by Crippen LogP contribution is -2.35. The Kier molecular flexibility index (Phi) is 2.03. The molecule has 0 aromatic rings. The van der Waals surface area contributed by atoms with Crippen LogP contribution in [0.4, 0.5) is 0 Å². The third-order valence-electron chi connectivity index (χ3n) is 5.53. The second-order valence-electron chi connectivity index (χ2n) is 6.91. The van der Waals surface area contributed by atoms with Crippen LogP contribution in [0.1, 0.15) is 20.3 Å². The van der Waals surface area contributed by atoms with Gasteiger partial charge in [0.15, 0.2) is 0 Å². The van der Waals surface area contributed by atoms with E-state index in [1.165, 1.54) is 0 Å². The van der Waals surface area contributed by atoms with Gasteiger partial charge in [0.1, 0.15) is 30.5 Å². The van der Waals surface area contributed by atoms with Gasteiger partial charge in [-0.2, -0.15) is 0 Å². The minimum absolute atomic E-state index is 0.0244. The number of ether oxygens (including phenoxy) is 4. The SMILES string of the molecule is CC1C(=O)O[C@H]2C[C@]3(C)O[C@H]3[C@@H]3O[C@@H]3C3=C[C@@H](OC3=O)C12. The molecule has 8 atom stereocenters. The molecule has 2 bridgehead atoms. The first-order valence-corrected chi connectivity index (χ1v) is 7.44. The fourth-order valence-electron chi connectivity index (χ4n) is 4.20. The maximum atomic E-state index is 12.1. The largest absolute Gasteiger partial charge is 0.462 e. The van der Waals surface area contributed by atoms with Gasteiger partial charge < -0.3 is 18.9 Å². The van der Waals surface area contributed by atoms with Crippen molar-refractivity contribution in [1.29, 1.82) is 0 Å². The molecule has 0 saturated carbocycles. The fourth-order valence-corrected chi connectivity index (χ4v) is 4.20. The molecule has 0 amide bonds. The number of fused-ring (bicyclic) bond motifs is 7. The second-order valence-corrected chi connectivity index (χ2v) is 6.91. The number of hydrogen-bond donors (Lipinski definition) is 0. The Morgan fingerprint density at radius 2 is 2.10 bits per heavy atom. The summed E-state index contributed by atoms with van der Waals surface area (Å²) >= 11 is 0. The summed E-state index contributed by atoms with van der Waals surface area (Å²) in [6, 6.07) is 0. The Hall–Kier alpha value is -1.40. The number of epoxide rings is 2. The number of carbonyl (C=O) groups is 2. The van der Waals surface area contributed by atoms with Crippen molar-refractivity contribution in [1.82, 2.24) is 0 Å². The highest BCUT2D eigenvalue weighted by molar-refractivity contribution is 5.93. The molecule has 0 spiro atoms. The van der Waals surface area contributed by atoms with E-state index < -0.39 is 6.10 Å². The van der Waals surface area contributed by atoms with Crippen LogP contribution in [0.15, 0.2) is 11.6 Å². The van der Waals surface area contributed by atoms with Gasteiger partial charge in [-0.15, -0.1) is 0 Å². The van der Waals surface area contributed by atoms with Gasteiger partial charge in [0.05, 0.1) is 17.1 Å². The second kappa shape index (κ2) is 3.50. The quantitative estimate of drug-likeness (QED) is 0.473. The third kappa shape index (κ3) is 1.49. The van der Waals surface area contributed by atoms with Gasteiger partial charge in [-0.25, -0.2) is 4.79 Å². The average Bonchev–Trinajstić information content (AvgIpc) is 3.25. The van der Waals surface area contributed by atoms with Gasteiger partial charge in [0.25, 0.3) is 0 Å². The van der Waals surface area contributed by atoms with E-state index in [4.69, 9.17) is 18.9 Å². The van der Waals surface area contributed by atoms with Crippen LogP contribution in [0, 0.1) is 11.8 Å². The Balaban J connectivity index is 1.57. The molecule has 3 saturated heterocycles. The van der Waals surface area contributed by atoms with Crippen molar-refractivity contribution in [3.05, 3.63) is 11.6 Å². The molecule has 21 heavy (non-hydrogen) atoms. The molecule has 0 N–H and O–H groups in total. The van der Waals surface area contributed by atoms with E-state index in [1.54, 1.807) is 0 Å². The van der Waals surface area contributed by atoms with Gasteiger partial charge in [-0.05, 0) is 13.0 Å². The summed E-state index contributed by atoms with van der Waals surface area (Å²) in [4.78, 5) is 24.0. The molecule has 0 radical (unpaired) electrons. The normalized spacial score (nSPS) is 56.5. The van der Waals surface area contributed by atoms with Crippen LogP contribution in [-0.2, 0) is 28.5 Å². The van der Waals surface area contributed by atoms with E-state index in [-0.39, 0.29) is 53.8 Å². The van der Waals surface area contributed by atoms with Crippen LogP contribution in [0.25, 0.3) is 0 Å². The zero-order chi connectivity index (χ0) is 14.5. The van der Waals surface area contributed by atoms with E-state index in [2.05, 4.69) is 0 Å². The van der Waals surface area contributed by atoms with E-state index in [1.807, 2.05) is 19.9 Å². The maximum absolute atomic E-state index is 12.1. The summed E-state index contributed by atoms with van der Waals surface area (Å²) in [7, 11) is 0. The molecule has 1 aliphatic carbocycles. The Morgan fingerprint density at radius 1 is 1.29 bits per heavy atom. The lowest BCUT2D eigenvalue weighted by Gasteiger charge is -2.24. The van der Waals surface area contributed by atoms with Gasteiger partial charge >= 0.3 is 11.9 Å². The molecule has 5 aliphatic rings. The zero-order valence-electron chi connectivity index (χ0n) is 11.8. The van der Waals surface area contributed by atoms with Gasteiger partial charge in [-0.3, -0.25) is 4.79 Å². The molecule has 0 aromatic heterocycles. The molecule has 6 heteroatoms. The van der Waals surface area contributed by atoms with Gasteiger partial charge in [-0.1, -0.05) is 6.92 Å². The number of hydrogen-bond acceptors (Lipinski definition) is 6. The highest BCUT2D eigenvalue weighted by Crippen LogP contribution is 2.54. The van der Waals surface area contributed by atoms with E-state index in [9.17, 15) is 9.59 Å². The summed E-state index contributed by atoms with van der Waals surface area (Å²) in [5, 5.41) is 0. The molecule has 6 nitrogen and oxygen atoms in total. The summed E-state index contributed by atoms with van der Waals surface area (Å²) in [5.74, 6) is -0.970. The molecular formula is C15H16O6. The molecular weight excluding hydrogens is 276 g/mol. The summed E-state index contributed by atoms with van der Waals surface area (Å²) in [6.07, 6.45) is 1.48. The number of carbonyl (C=O) groups excluding carboxylic acids is 2. The first-order chi connectivity index (χ1) is 9.98. The standard InChI is InChI=1S/C15H16O6/c1-5-9-7-3-6(14(17)18-7)10-11(20-10)12-15(2,21-12)4-8(9)19-13(5)16/h3,5,7-12H,4H2,1-2H3/t5?,7-,8+,9?,10-,11-,12+,15+/m1/s1. The highest BCUT2D eigenvalue weighted by Gasteiger charge is 2.69. The minimum Gasteiger partial charge on any atom is -0.462 e. The van der Waals surface area contributed by atoms with Crippen LogP contribution >= 0.6 is 0 Å². The summed E-state index contributed by atoms with van der Waals surface area (Å²) < 4.78 is 22.5. The predicted molar refractivity (Wildman–Crippen MR) is 67.1 cm³/mol. The van der Waals surface area contributed by atoms with Crippen LogP contribution < -0.4 is 0 Å². The van der Waals surface area contributed by atoms with Crippen molar-refractivity contribution in [3.8, 4) is 0 Å². The Morgan fingerprint density at radius 3 is 2.90 bits per heavy atom. The molecule has 4 heterocycles. The van der Waals surface area contributed by atoms with E-state index in [0.717, 1.165) is 0 Å². The average molecular weight is 292 g/mol. The van der Waals surface area contributed by atoms with Crippen molar-refractivity contribution in [3.63, 3.8) is 0 Å². The smallest absolute Gasteiger partial charge is 0.337 e. The Labute approximate surface area is 121 Å². The third-order valence-corrected chi connectivity index (χ3v) is 5.53. The van der Waals surface area contributed by atoms with Crippen LogP contribution in [0.3, 0.4) is 0 Å². The lowest BCUT2D eigenvalue weighted by atomic mass is 9.81. The van der Waals surface area contributed by atoms with Crippen LogP contribution in [-0.4, -0.2) is 48.1 Å². The van der Waals surface area contributed by atoms with Crippen LogP contribution in [0.5, 0.6) is 0 Å². The van der Waals surface area contributed by atoms with E-state index >= 15 is 0 Å². The minimum atomic E-state index is -0.400. The maximum Gasteiger partial charge on any atom is 0.337 e. The molecule has 0 aromatic carbocycles. The lowest BCUT2D eigenvalue weighted by molar-refractivity contribution is -0.144. The van der Waals surface area contributed by atoms with Crippen LogP contribution in [0.2, 0.25) is 0 Å². The van der Waals surface area contributed by atoms with Crippen molar-refractivity contribution in [2.45, 2.75) is 56.4 Å². The molecule has 3 fully saturated rings. The van der Waals surface area contributed by atoms with Crippen molar-refractivity contribution in [2.75, 3.05) is 0 Å². The van der Waals surface area contributed by atoms with Gasteiger partial charge in [0, 0.05) is 12.3 Å². The van der Waals surface area contributed by atoms with Crippen molar-refractivity contribution >= 4 is 11.9 Å². The van der Waals surface area contributed by atoms with Crippen molar-refractivity contribution < 1.29 is 28.5 Å². The number of esters is 2. The topological polar surface area (TPSA) is 77.7 Å². The fraction of sp³-hybridized carbons (Fsp3) is 0.733. The molecule has 5 rings (SSSR count). The van der Waals surface area contributed by atoms with Gasteiger partial charge in [0.2, 0.25) is 0 Å². The molecule has 112 valence electrons.